The molecule has 0 unspecified atom stereocenters. The molecule has 1 aliphatic carbocycles. The van der Waals surface area contributed by atoms with E-state index in [1.807, 2.05) is 0 Å². The van der Waals surface area contributed by atoms with Crippen molar-refractivity contribution < 1.29 is 9.21 Å². The van der Waals surface area contributed by atoms with E-state index in [0.29, 0.717) is 22.7 Å². The second kappa shape index (κ2) is 6.02. The molecule has 1 saturated carbocycles. The number of anilines is 1. The molecule has 0 radical (unpaired) electrons. The van der Waals surface area contributed by atoms with Crippen LogP contribution in [-0.4, -0.2) is 24.0 Å². The zero-order valence-electron chi connectivity index (χ0n) is 12.7. The summed E-state index contributed by atoms with van der Waals surface area (Å²) in [5.74, 6) is 0.0375. The topological polar surface area (TPSA) is 87.1 Å². The molecule has 0 spiro atoms. The molecule has 1 saturated heterocycles. The number of hydrogen-bond acceptors (Lipinski definition) is 4. The minimum absolute atomic E-state index is 0. The van der Waals surface area contributed by atoms with Gasteiger partial charge in [0.05, 0.1) is 10.9 Å². The van der Waals surface area contributed by atoms with Crippen molar-refractivity contribution in [3.63, 3.8) is 0 Å². The zero-order chi connectivity index (χ0) is 15.2. The predicted octanol–water partition coefficient (Wildman–Crippen LogP) is 2.26. The van der Waals surface area contributed by atoms with Crippen LogP contribution < -0.4 is 16.4 Å². The van der Waals surface area contributed by atoms with Gasteiger partial charge in [0.2, 0.25) is 5.91 Å². The molecule has 4 rings (SSSR count). The van der Waals surface area contributed by atoms with E-state index in [1.165, 1.54) is 6.42 Å². The lowest BCUT2D eigenvalue weighted by Gasteiger charge is -2.37. The number of nitrogens with one attached hydrogen (secondary N) is 3. The molecule has 1 aliphatic heterocycles. The Bertz CT molecular complexity index is 784. The standard InChI is InChI=1S/C16H19N3O3.ClH/c20-14(16-6-2-1-3-10(16)8-17-9-16)18-11-4-5-13-12(7-11)19-15(21)22-13;/h4-5,7,10,17H,1-3,6,8-9H2,(H,18,20)(H,19,21);1H/t10-,16+;/m0./s1. The van der Waals surface area contributed by atoms with Gasteiger partial charge in [0.25, 0.3) is 0 Å². The summed E-state index contributed by atoms with van der Waals surface area (Å²) >= 11 is 0. The average Bonchev–Trinajstić information content (AvgIpc) is 3.09. The van der Waals surface area contributed by atoms with Crippen LogP contribution >= 0.6 is 12.4 Å². The second-order valence-corrected chi connectivity index (χ2v) is 6.41. The molecule has 2 aromatic rings. The molecule has 1 amide bonds. The molecular formula is C16H20ClN3O3. The number of aromatic nitrogens is 1. The van der Waals surface area contributed by atoms with Gasteiger partial charge in [-0.3, -0.25) is 9.78 Å². The fraction of sp³-hybridized carbons (Fsp3) is 0.500. The number of halogens is 1. The predicted molar refractivity (Wildman–Crippen MR) is 90.0 cm³/mol. The average molecular weight is 338 g/mol. The van der Waals surface area contributed by atoms with Crippen molar-refractivity contribution in [2.75, 3.05) is 18.4 Å². The van der Waals surface area contributed by atoms with Crippen LogP contribution in [0, 0.1) is 11.3 Å². The largest absolute Gasteiger partial charge is 0.417 e. The van der Waals surface area contributed by atoms with Crippen molar-refractivity contribution in [1.29, 1.82) is 0 Å². The fourth-order valence-corrected chi connectivity index (χ4v) is 3.98. The van der Waals surface area contributed by atoms with Crippen LogP contribution in [0.2, 0.25) is 0 Å². The Morgan fingerprint density at radius 1 is 1.35 bits per heavy atom. The summed E-state index contributed by atoms with van der Waals surface area (Å²) in [7, 11) is 0. The molecule has 1 aromatic heterocycles. The van der Waals surface area contributed by atoms with E-state index < -0.39 is 5.76 Å². The molecule has 6 nitrogen and oxygen atoms in total. The Labute approximate surface area is 139 Å². The maximum atomic E-state index is 12.9. The summed E-state index contributed by atoms with van der Waals surface area (Å²) < 4.78 is 4.98. The summed E-state index contributed by atoms with van der Waals surface area (Å²) in [6, 6.07) is 5.22. The van der Waals surface area contributed by atoms with Crippen molar-refractivity contribution in [3.8, 4) is 0 Å². The van der Waals surface area contributed by atoms with Crippen LogP contribution in [0.1, 0.15) is 25.7 Å². The Hall–Kier alpha value is -1.79. The molecule has 1 aromatic carbocycles. The highest BCUT2D eigenvalue weighted by atomic mass is 35.5. The van der Waals surface area contributed by atoms with E-state index in [4.69, 9.17) is 4.42 Å². The van der Waals surface area contributed by atoms with E-state index in [0.717, 1.165) is 32.4 Å². The number of oxazole rings is 1. The van der Waals surface area contributed by atoms with Crippen molar-refractivity contribution in [3.05, 3.63) is 28.7 Å². The first-order valence-electron chi connectivity index (χ1n) is 7.82. The number of amides is 1. The van der Waals surface area contributed by atoms with Gasteiger partial charge in [0.1, 0.15) is 0 Å². The highest BCUT2D eigenvalue weighted by molar-refractivity contribution is 5.97. The highest BCUT2D eigenvalue weighted by Crippen LogP contribution is 2.44. The fourth-order valence-electron chi connectivity index (χ4n) is 3.98. The van der Waals surface area contributed by atoms with Crippen molar-refractivity contribution >= 4 is 35.1 Å². The van der Waals surface area contributed by atoms with Gasteiger partial charge in [-0.15, -0.1) is 12.4 Å². The first-order valence-corrected chi connectivity index (χ1v) is 7.82. The quantitative estimate of drug-likeness (QED) is 0.784. The first kappa shape index (κ1) is 16.1. The third-order valence-electron chi connectivity index (χ3n) is 5.17. The van der Waals surface area contributed by atoms with Crippen LogP contribution in [0.25, 0.3) is 11.1 Å². The first-order chi connectivity index (χ1) is 10.7. The van der Waals surface area contributed by atoms with E-state index in [1.54, 1.807) is 18.2 Å². The van der Waals surface area contributed by atoms with Gasteiger partial charge < -0.3 is 15.1 Å². The van der Waals surface area contributed by atoms with Gasteiger partial charge in [0.15, 0.2) is 5.58 Å². The maximum absolute atomic E-state index is 12.9. The molecule has 23 heavy (non-hydrogen) atoms. The number of carbonyl (C=O) groups excluding carboxylic acids is 1. The number of rotatable bonds is 2. The van der Waals surface area contributed by atoms with Crippen LogP contribution in [-0.2, 0) is 4.79 Å². The molecule has 2 heterocycles. The summed E-state index contributed by atoms with van der Waals surface area (Å²) in [6.45, 7) is 1.69. The smallest absolute Gasteiger partial charge is 0.408 e. The van der Waals surface area contributed by atoms with Crippen LogP contribution in [0.15, 0.2) is 27.4 Å². The lowest BCUT2D eigenvalue weighted by molar-refractivity contribution is -0.128. The van der Waals surface area contributed by atoms with Gasteiger partial charge in [-0.2, -0.15) is 0 Å². The van der Waals surface area contributed by atoms with Gasteiger partial charge in [-0.1, -0.05) is 12.8 Å². The molecule has 2 aliphatic rings. The lowest BCUT2D eigenvalue weighted by atomic mass is 9.67. The maximum Gasteiger partial charge on any atom is 0.417 e. The Balaban J connectivity index is 0.00000156. The van der Waals surface area contributed by atoms with Crippen molar-refractivity contribution in [1.82, 2.24) is 10.3 Å². The third kappa shape index (κ3) is 2.66. The number of carbonyl (C=O) groups is 1. The second-order valence-electron chi connectivity index (χ2n) is 6.41. The molecule has 3 N–H and O–H groups in total. The number of benzene rings is 1. The van der Waals surface area contributed by atoms with E-state index in [9.17, 15) is 9.59 Å². The SMILES string of the molecule is Cl.O=C(Nc1ccc2oc(=O)[nH]c2c1)[C@@]12CCCC[C@H]1CNC2. The molecule has 124 valence electrons. The number of aromatic amines is 1. The van der Waals surface area contributed by atoms with Crippen LogP contribution in [0.3, 0.4) is 0 Å². The van der Waals surface area contributed by atoms with E-state index in [-0.39, 0.29) is 23.7 Å². The summed E-state index contributed by atoms with van der Waals surface area (Å²) in [5.41, 5.74) is 1.52. The summed E-state index contributed by atoms with van der Waals surface area (Å²) in [4.78, 5) is 26.7. The Morgan fingerprint density at radius 2 is 2.22 bits per heavy atom. The number of hydrogen-bond donors (Lipinski definition) is 3. The van der Waals surface area contributed by atoms with Crippen molar-refractivity contribution in [2.45, 2.75) is 25.7 Å². The van der Waals surface area contributed by atoms with Crippen molar-refractivity contribution in [2.24, 2.45) is 11.3 Å². The molecular weight excluding hydrogens is 318 g/mol. The monoisotopic (exact) mass is 337 g/mol. The number of H-pyrrole nitrogens is 1. The molecule has 2 fully saturated rings. The highest BCUT2D eigenvalue weighted by Gasteiger charge is 2.49. The summed E-state index contributed by atoms with van der Waals surface area (Å²) in [5, 5.41) is 6.41. The minimum atomic E-state index is -0.482. The van der Waals surface area contributed by atoms with E-state index in [2.05, 4.69) is 15.6 Å². The minimum Gasteiger partial charge on any atom is -0.408 e. The van der Waals surface area contributed by atoms with Crippen LogP contribution in [0.5, 0.6) is 0 Å². The molecule has 0 bridgehead atoms. The Morgan fingerprint density at radius 3 is 3.09 bits per heavy atom. The van der Waals surface area contributed by atoms with Gasteiger partial charge in [-0.25, -0.2) is 4.79 Å². The zero-order valence-corrected chi connectivity index (χ0v) is 13.5. The Kier molecular flexibility index (Phi) is 4.21. The molecule has 2 atom stereocenters. The summed E-state index contributed by atoms with van der Waals surface area (Å²) in [6.07, 6.45) is 4.39. The third-order valence-corrected chi connectivity index (χ3v) is 5.17. The van der Waals surface area contributed by atoms with Gasteiger partial charge >= 0.3 is 5.76 Å². The normalized spacial score (nSPS) is 26.5. The van der Waals surface area contributed by atoms with Crippen LogP contribution in [0.4, 0.5) is 5.69 Å². The van der Waals surface area contributed by atoms with Gasteiger partial charge in [0, 0.05) is 12.2 Å². The molecule has 7 heteroatoms. The lowest BCUT2D eigenvalue weighted by Crippen LogP contribution is -2.44. The van der Waals surface area contributed by atoms with E-state index >= 15 is 0 Å². The number of fused-ring (bicyclic) bond motifs is 2. The van der Waals surface area contributed by atoms with Gasteiger partial charge in [-0.05, 0) is 43.5 Å².